The van der Waals surface area contributed by atoms with Gasteiger partial charge in [-0.25, -0.2) is 9.67 Å². The minimum Gasteiger partial charge on any atom is -0.449 e. The van der Waals surface area contributed by atoms with Crippen molar-refractivity contribution in [2.24, 2.45) is 0 Å². The van der Waals surface area contributed by atoms with Crippen LogP contribution < -0.4 is 5.56 Å². The maximum atomic E-state index is 12.2. The Morgan fingerprint density at radius 2 is 1.75 bits per heavy atom. The molecule has 0 spiro atoms. The van der Waals surface area contributed by atoms with Crippen molar-refractivity contribution in [2.45, 2.75) is 20.0 Å². The van der Waals surface area contributed by atoms with Crippen molar-refractivity contribution in [3.8, 4) is 11.3 Å². The van der Waals surface area contributed by atoms with Crippen LogP contribution in [0.1, 0.15) is 11.6 Å². The Kier molecular flexibility index (Phi) is 5.59. The van der Waals surface area contributed by atoms with Crippen molar-refractivity contribution in [1.82, 2.24) is 29.5 Å². The summed E-state index contributed by atoms with van der Waals surface area (Å²) in [4.78, 5) is 25.3. The third kappa shape index (κ3) is 4.52. The average molecular weight is 380 g/mol. The highest BCUT2D eigenvalue weighted by Gasteiger charge is 2.18. The zero-order valence-electron chi connectivity index (χ0n) is 16.0. The van der Waals surface area contributed by atoms with Gasteiger partial charge in [0.05, 0.1) is 17.9 Å². The van der Waals surface area contributed by atoms with Crippen LogP contribution in [0.2, 0.25) is 0 Å². The summed E-state index contributed by atoms with van der Waals surface area (Å²) in [7, 11) is 0. The van der Waals surface area contributed by atoms with E-state index in [1.54, 1.807) is 35.5 Å². The molecule has 4 rings (SSSR count). The molecule has 3 aromatic rings. The molecule has 3 aromatic heterocycles. The number of nitrogens with zero attached hydrogens (tertiary/aromatic N) is 6. The number of pyridine rings is 1. The summed E-state index contributed by atoms with van der Waals surface area (Å²) in [5.41, 5.74) is 2.66. The summed E-state index contributed by atoms with van der Waals surface area (Å²) in [5.74, 6) is 0.709. The van der Waals surface area contributed by atoms with Crippen LogP contribution in [-0.2, 0) is 13.1 Å². The van der Waals surface area contributed by atoms with E-state index in [-0.39, 0.29) is 5.56 Å². The maximum Gasteiger partial charge on any atom is 0.266 e. The minimum atomic E-state index is -0.0714. The molecular formula is C20H24N6O2. The second-order valence-corrected chi connectivity index (χ2v) is 6.99. The summed E-state index contributed by atoms with van der Waals surface area (Å²) in [6, 6.07) is 7.14. The molecule has 0 bridgehead atoms. The van der Waals surface area contributed by atoms with Crippen molar-refractivity contribution in [3.05, 3.63) is 64.9 Å². The molecule has 0 amide bonds. The van der Waals surface area contributed by atoms with Crippen LogP contribution in [0, 0.1) is 6.92 Å². The predicted octanol–water partition coefficient (Wildman–Crippen LogP) is 1.42. The molecule has 28 heavy (non-hydrogen) atoms. The minimum absolute atomic E-state index is 0.0714. The lowest BCUT2D eigenvalue weighted by Crippen LogP contribution is -2.47. The number of rotatable bonds is 6. The molecule has 1 aliphatic heterocycles. The Hall–Kier alpha value is -2.84. The monoisotopic (exact) mass is 380 g/mol. The predicted molar refractivity (Wildman–Crippen MR) is 105 cm³/mol. The Balaban J connectivity index is 1.31. The summed E-state index contributed by atoms with van der Waals surface area (Å²) in [6.07, 6.45) is 5.19. The van der Waals surface area contributed by atoms with E-state index >= 15 is 0 Å². The van der Waals surface area contributed by atoms with Gasteiger partial charge < -0.3 is 4.42 Å². The lowest BCUT2D eigenvalue weighted by Gasteiger charge is -2.34. The van der Waals surface area contributed by atoms with Gasteiger partial charge in [-0.3, -0.25) is 19.6 Å². The van der Waals surface area contributed by atoms with Crippen LogP contribution in [0.15, 0.2) is 52.1 Å². The zero-order chi connectivity index (χ0) is 19.3. The van der Waals surface area contributed by atoms with Crippen LogP contribution in [0.3, 0.4) is 0 Å². The van der Waals surface area contributed by atoms with Gasteiger partial charge in [-0.15, -0.1) is 0 Å². The standard InChI is InChI=1S/C20H24N6O2/c1-16-22-18(15-28-16)14-25-10-8-24(9-11-25)12-13-26-20(27)3-2-19(23-26)17-4-6-21-7-5-17/h2-7,15H,8-14H2,1H3. The fraction of sp³-hybridized carbons (Fsp3) is 0.400. The van der Waals surface area contributed by atoms with Crippen molar-refractivity contribution in [2.75, 3.05) is 32.7 Å². The maximum absolute atomic E-state index is 12.2. The largest absolute Gasteiger partial charge is 0.449 e. The van der Waals surface area contributed by atoms with Gasteiger partial charge in [-0.1, -0.05) is 0 Å². The Bertz CT molecular complexity index is 960. The second-order valence-electron chi connectivity index (χ2n) is 6.99. The highest BCUT2D eigenvalue weighted by Crippen LogP contribution is 2.13. The molecular weight excluding hydrogens is 356 g/mol. The topological polar surface area (TPSA) is 80.3 Å². The highest BCUT2D eigenvalue weighted by molar-refractivity contribution is 5.56. The van der Waals surface area contributed by atoms with Gasteiger partial charge in [0, 0.05) is 70.2 Å². The molecule has 0 saturated carbocycles. The number of aromatic nitrogens is 4. The molecule has 0 unspecified atom stereocenters. The zero-order valence-corrected chi connectivity index (χ0v) is 16.0. The van der Waals surface area contributed by atoms with E-state index in [0.717, 1.165) is 56.2 Å². The fourth-order valence-electron chi connectivity index (χ4n) is 3.40. The van der Waals surface area contributed by atoms with Crippen LogP contribution >= 0.6 is 0 Å². The van der Waals surface area contributed by atoms with Gasteiger partial charge in [0.15, 0.2) is 5.89 Å². The summed E-state index contributed by atoms with van der Waals surface area (Å²) in [6.45, 7) is 7.97. The van der Waals surface area contributed by atoms with Gasteiger partial charge in [0.2, 0.25) is 0 Å². The van der Waals surface area contributed by atoms with E-state index in [9.17, 15) is 4.79 Å². The molecule has 8 heteroatoms. The smallest absolute Gasteiger partial charge is 0.266 e. The average Bonchev–Trinajstić information content (AvgIpc) is 3.14. The first kappa shape index (κ1) is 18.5. The van der Waals surface area contributed by atoms with E-state index in [1.807, 2.05) is 19.1 Å². The second kappa shape index (κ2) is 8.45. The summed E-state index contributed by atoms with van der Waals surface area (Å²) in [5, 5.41) is 4.52. The van der Waals surface area contributed by atoms with Crippen molar-refractivity contribution in [3.63, 3.8) is 0 Å². The van der Waals surface area contributed by atoms with Crippen molar-refractivity contribution in [1.29, 1.82) is 0 Å². The van der Waals surface area contributed by atoms with E-state index in [1.165, 1.54) is 0 Å². The first-order valence-electron chi connectivity index (χ1n) is 9.52. The number of oxazole rings is 1. The molecule has 0 aromatic carbocycles. The van der Waals surface area contributed by atoms with E-state index < -0.39 is 0 Å². The molecule has 8 nitrogen and oxygen atoms in total. The third-order valence-electron chi connectivity index (χ3n) is 4.99. The third-order valence-corrected chi connectivity index (χ3v) is 4.99. The molecule has 1 saturated heterocycles. The normalized spacial score (nSPS) is 15.8. The van der Waals surface area contributed by atoms with Gasteiger partial charge in [0.1, 0.15) is 6.26 Å². The van der Waals surface area contributed by atoms with Crippen LogP contribution in [0.4, 0.5) is 0 Å². The highest BCUT2D eigenvalue weighted by atomic mass is 16.3. The Morgan fingerprint density at radius 3 is 2.46 bits per heavy atom. The lowest BCUT2D eigenvalue weighted by atomic mass is 10.2. The van der Waals surface area contributed by atoms with Crippen molar-refractivity contribution < 1.29 is 4.42 Å². The van der Waals surface area contributed by atoms with Gasteiger partial charge in [-0.2, -0.15) is 5.10 Å². The van der Waals surface area contributed by atoms with Crippen LogP contribution in [-0.4, -0.2) is 62.3 Å². The number of aryl methyl sites for hydroxylation is 1. The molecule has 0 radical (unpaired) electrons. The first-order valence-corrected chi connectivity index (χ1v) is 9.52. The molecule has 1 aliphatic rings. The van der Waals surface area contributed by atoms with Crippen LogP contribution in [0.5, 0.6) is 0 Å². The van der Waals surface area contributed by atoms with E-state index in [2.05, 4.69) is 24.9 Å². The van der Waals surface area contributed by atoms with Crippen molar-refractivity contribution >= 4 is 0 Å². The molecule has 1 fully saturated rings. The SMILES string of the molecule is Cc1nc(CN2CCN(CCn3nc(-c4ccncc4)ccc3=O)CC2)co1. The van der Waals surface area contributed by atoms with Gasteiger partial charge in [0.25, 0.3) is 5.56 Å². The molecule has 4 heterocycles. The van der Waals surface area contributed by atoms with Gasteiger partial charge >= 0.3 is 0 Å². The molecule has 146 valence electrons. The Labute approximate surface area is 163 Å². The molecule has 0 aliphatic carbocycles. The summed E-state index contributed by atoms with van der Waals surface area (Å²) >= 11 is 0. The van der Waals surface area contributed by atoms with Crippen LogP contribution in [0.25, 0.3) is 11.3 Å². The lowest BCUT2D eigenvalue weighted by molar-refractivity contribution is 0.121. The molecule has 0 N–H and O–H groups in total. The quantitative estimate of drug-likeness (QED) is 0.640. The van der Waals surface area contributed by atoms with E-state index in [0.29, 0.717) is 12.4 Å². The summed E-state index contributed by atoms with van der Waals surface area (Å²) < 4.78 is 6.83. The number of piperazine rings is 1. The first-order chi connectivity index (χ1) is 13.7. The Morgan fingerprint density at radius 1 is 1.00 bits per heavy atom. The molecule has 0 atom stereocenters. The number of hydrogen-bond acceptors (Lipinski definition) is 7. The van der Waals surface area contributed by atoms with E-state index in [4.69, 9.17) is 4.42 Å². The fourth-order valence-corrected chi connectivity index (χ4v) is 3.40. The number of hydrogen-bond donors (Lipinski definition) is 0. The van der Waals surface area contributed by atoms with Gasteiger partial charge in [-0.05, 0) is 18.2 Å².